The number of halogens is 3. The van der Waals surface area contributed by atoms with Gasteiger partial charge in [0, 0.05) is 11.8 Å². The molecule has 7 heteroatoms. The van der Waals surface area contributed by atoms with Gasteiger partial charge in [-0.3, -0.25) is 4.98 Å². The van der Waals surface area contributed by atoms with Crippen molar-refractivity contribution < 1.29 is 17.9 Å². The van der Waals surface area contributed by atoms with E-state index in [0.717, 1.165) is 6.92 Å². The van der Waals surface area contributed by atoms with E-state index in [0.29, 0.717) is 11.4 Å². The highest BCUT2D eigenvalue weighted by molar-refractivity contribution is 7.80. The number of aryl methyl sites for hydroxylation is 2. The molecule has 1 aromatic rings. The highest BCUT2D eigenvalue weighted by Gasteiger charge is 2.38. The third-order valence-electron chi connectivity index (χ3n) is 2.30. The molecule has 1 rings (SSSR count). The molecule has 1 unspecified atom stereocenters. The first-order chi connectivity index (χ1) is 8.12. The van der Waals surface area contributed by atoms with Crippen LogP contribution in [-0.2, 0) is 0 Å². The molecule has 0 aliphatic carbocycles. The monoisotopic (exact) mass is 278 g/mol. The Balaban J connectivity index is 3.19. The Hall–Kier alpha value is -1.37. The van der Waals surface area contributed by atoms with E-state index in [-0.39, 0.29) is 16.3 Å². The standard InChI is InChI=1S/C11H13F3N2OS/c1-5-4-8(17-7(3)11(12,13)14)9(10(15)18)6(2)16-5/h4,7H,1-3H3,(H2,15,18). The topological polar surface area (TPSA) is 48.1 Å². The number of pyridine rings is 1. The van der Waals surface area contributed by atoms with Gasteiger partial charge in [-0.25, -0.2) is 0 Å². The first kappa shape index (κ1) is 14.7. The summed E-state index contributed by atoms with van der Waals surface area (Å²) < 4.78 is 42.3. The Morgan fingerprint density at radius 1 is 1.44 bits per heavy atom. The largest absolute Gasteiger partial charge is 0.480 e. The number of ether oxygens (including phenoxy) is 1. The van der Waals surface area contributed by atoms with Crippen molar-refractivity contribution in [3.8, 4) is 5.75 Å². The number of thiocarbonyl (C=S) groups is 1. The molecule has 0 spiro atoms. The highest BCUT2D eigenvalue weighted by Crippen LogP contribution is 2.28. The predicted octanol–water partition coefficient (Wildman–Crippen LogP) is 2.66. The fourth-order valence-corrected chi connectivity index (χ4v) is 1.69. The van der Waals surface area contributed by atoms with E-state index in [9.17, 15) is 13.2 Å². The van der Waals surface area contributed by atoms with Crippen molar-refractivity contribution in [3.05, 3.63) is 23.0 Å². The van der Waals surface area contributed by atoms with Crippen LogP contribution in [0.3, 0.4) is 0 Å². The molecule has 1 atom stereocenters. The second-order valence-electron chi connectivity index (χ2n) is 3.89. The number of hydrogen-bond acceptors (Lipinski definition) is 3. The Morgan fingerprint density at radius 2 is 2.00 bits per heavy atom. The van der Waals surface area contributed by atoms with Crippen LogP contribution in [0.5, 0.6) is 5.75 Å². The molecular weight excluding hydrogens is 265 g/mol. The molecule has 0 aliphatic heterocycles. The van der Waals surface area contributed by atoms with Crippen LogP contribution >= 0.6 is 12.2 Å². The van der Waals surface area contributed by atoms with Gasteiger partial charge in [-0.2, -0.15) is 13.2 Å². The lowest BCUT2D eigenvalue weighted by Gasteiger charge is -2.20. The second-order valence-corrected chi connectivity index (χ2v) is 4.33. The summed E-state index contributed by atoms with van der Waals surface area (Å²) in [6, 6.07) is 1.39. The van der Waals surface area contributed by atoms with Crippen molar-refractivity contribution in [1.82, 2.24) is 4.98 Å². The van der Waals surface area contributed by atoms with Crippen molar-refractivity contribution in [2.75, 3.05) is 0 Å². The third kappa shape index (κ3) is 3.32. The zero-order chi connectivity index (χ0) is 14.1. The van der Waals surface area contributed by atoms with E-state index in [2.05, 4.69) is 4.98 Å². The summed E-state index contributed by atoms with van der Waals surface area (Å²) in [6.07, 6.45) is -6.38. The Kier molecular flexibility index (Phi) is 4.16. The Labute approximate surface area is 108 Å². The summed E-state index contributed by atoms with van der Waals surface area (Å²) in [5.41, 5.74) is 6.71. The molecule has 0 amide bonds. The zero-order valence-electron chi connectivity index (χ0n) is 10.1. The van der Waals surface area contributed by atoms with Crippen LogP contribution in [0, 0.1) is 13.8 Å². The van der Waals surface area contributed by atoms with E-state index in [1.54, 1.807) is 13.8 Å². The van der Waals surface area contributed by atoms with Gasteiger partial charge < -0.3 is 10.5 Å². The molecule has 100 valence electrons. The van der Waals surface area contributed by atoms with Crippen LogP contribution in [0.1, 0.15) is 23.9 Å². The zero-order valence-corrected chi connectivity index (χ0v) is 10.9. The highest BCUT2D eigenvalue weighted by atomic mass is 32.1. The second kappa shape index (κ2) is 5.09. The summed E-state index contributed by atoms with van der Waals surface area (Å²) in [7, 11) is 0. The summed E-state index contributed by atoms with van der Waals surface area (Å²) in [5, 5.41) is 0. The maximum absolute atomic E-state index is 12.5. The molecule has 0 bridgehead atoms. The number of nitrogens with zero attached hydrogens (tertiary/aromatic N) is 1. The first-order valence-electron chi connectivity index (χ1n) is 5.14. The number of rotatable bonds is 3. The normalized spacial score (nSPS) is 13.2. The average molecular weight is 278 g/mol. The summed E-state index contributed by atoms with van der Waals surface area (Å²) in [4.78, 5) is 4.06. The van der Waals surface area contributed by atoms with Crippen molar-refractivity contribution in [3.63, 3.8) is 0 Å². The van der Waals surface area contributed by atoms with Gasteiger partial charge >= 0.3 is 6.18 Å². The number of hydrogen-bond donors (Lipinski definition) is 1. The van der Waals surface area contributed by atoms with Gasteiger partial charge in [0.15, 0.2) is 6.10 Å². The number of nitrogens with two attached hydrogens (primary N) is 1. The molecule has 1 aromatic heterocycles. The summed E-state index contributed by atoms with van der Waals surface area (Å²) in [6.45, 7) is 4.20. The van der Waals surface area contributed by atoms with Gasteiger partial charge in [0.1, 0.15) is 10.7 Å². The van der Waals surface area contributed by atoms with Crippen molar-refractivity contribution in [1.29, 1.82) is 0 Å². The van der Waals surface area contributed by atoms with Crippen molar-refractivity contribution in [2.45, 2.75) is 33.1 Å². The molecule has 18 heavy (non-hydrogen) atoms. The predicted molar refractivity (Wildman–Crippen MR) is 65.7 cm³/mol. The van der Waals surface area contributed by atoms with Crippen LogP contribution in [-0.4, -0.2) is 22.3 Å². The van der Waals surface area contributed by atoms with Crippen LogP contribution in [0.4, 0.5) is 13.2 Å². The van der Waals surface area contributed by atoms with Gasteiger partial charge in [0.25, 0.3) is 0 Å². The van der Waals surface area contributed by atoms with E-state index in [4.69, 9.17) is 22.7 Å². The molecule has 0 radical (unpaired) electrons. The average Bonchev–Trinajstić information content (AvgIpc) is 2.13. The van der Waals surface area contributed by atoms with Gasteiger partial charge in [-0.15, -0.1) is 0 Å². The minimum atomic E-state index is -4.45. The lowest BCUT2D eigenvalue weighted by molar-refractivity contribution is -0.189. The Bertz CT molecular complexity index is 474. The van der Waals surface area contributed by atoms with Crippen molar-refractivity contribution in [2.24, 2.45) is 5.73 Å². The van der Waals surface area contributed by atoms with Gasteiger partial charge in [0.05, 0.1) is 11.3 Å². The maximum Gasteiger partial charge on any atom is 0.425 e. The van der Waals surface area contributed by atoms with Crippen LogP contribution in [0.25, 0.3) is 0 Å². The molecule has 0 fully saturated rings. The molecule has 2 N–H and O–H groups in total. The lowest BCUT2D eigenvalue weighted by Crippen LogP contribution is -2.32. The minimum Gasteiger partial charge on any atom is -0.480 e. The summed E-state index contributed by atoms with van der Waals surface area (Å²) >= 11 is 4.80. The fraction of sp³-hybridized carbons (Fsp3) is 0.455. The van der Waals surface area contributed by atoms with Crippen LogP contribution in [0.15, 0.2) is 6.07 Å². The number of aromatic nitrogens is 1. The molecular formula is C11H13F3N2OS. The molecule has 0 aliphatic rings. The molecule has 0 aromatic carbocycles. The quantitative estimate of drug-likeness (QED) is 0.864. The van der Waals surface area contributed by atoms with E-state index in [1.165, 1.54) is 6.07 Å². The van der Waals surface area contributed by atoms with Gasteiger partial charge in [-0.05, 0) is 20.8 Å². The van der Waals surface area contributed by atoms with E-state index >= 15 is 0 Å². The Morgan fingerprint density at radius 3 is 2.44 bits per heavy atom. The first-order valence-corrected chi connectivity index (χ1v) is 5.55. The van der Waals surface area contributed by atoms with Gasteiger partial charge in [0.2, 0.25) is 0 Å². The van der Waals surface area contributed by atoms with Gasteiger partial charge in [-0.1, -0.05) is 12.2 Å². The van der Waals surface area contributed by atoms with Crippen LogP contribution in [0.2, 0.25) is 0 Å². The fourth-order valence-electron chi connectivity index (χ4n) is 1.44. The molecule has 1 heterocycles. The smallest absolute Gasteiger partial charge is 0.425 e. The number of alkyl halides is 3. The van der Waals surface area contributed by atoms with Crippen molar-refractivity contribution >= 4 is 17.2 Å². The molecule has 0 saturated heterocycles. The van der Waals surface area contributed by atoms with E-state index in [1.807, 2.05) is 0 Å². The third-order valence-corrected chi connectivity index (χ3v) is 2.51. The van der Waals surface area contributed by atoms with Crippen LogP contribution < -0.4 is 10.5 Å². The maximum atomic E-state index is 12.5. The lowest BCUT2D eigenvalue weighted by atomic mass is 10.1. The SMILES string of the molecule is Cc1cc(OC(C)C(F)(F)F)c(C(N)=S)c(C)n1. The van der Waals surface area contributed by atoms with E-state index < -0.39 is 12.3 Å². The molecule has 3 nitrogen and oxygen atoms in total. The summed E-state index contributed by atoms with van der Waals surface area (Å²) in [5.74, 6) is 0.0114. The minimum absolute atomic E-state index is 0.0114. The molecule has 0 saturated carbocycles.